The quantitative estimate of drug-likeness (QED) is 0.833. The molecule has 1 aliphatic rings. The van der Waals surface area contributed by atoms with E-state index in [2.05, 4.69) is 22.1 Å². The van der Waals surface area contributed by atoms with E-state index in [0.717, 1.165) is 25.2 Å². The molecule has 19 heavy (non-hydrogen) atoms. The summed E-state index contributed by atoms with van der Waals surface area (Å²) in [4.78, 5) is 6.64. The second kappa shape index (κ2) is 7.68. The fourth-order valence-electron chi connectivity index (χ4n) is 2.22. The molecule has 1 saturated heterocycles. The topological polar surface area (TPSA) is 37.4 Å². The zero-order valence-corrected chi connectivity index (χ0v) is 12.2. The van der Waals surface area contributed by atoms with Crippen molar-refractivity contribution in [1.29, 1.82) is 0 Å². The van der Waals surface area contributed by atoms with Crippen molar-refractivity contribution in [1.82, 2.24) is 15.2 Å². The van der Waals surface area contributed by atoms with E-state index < -0.39 is 0 Å². The summed E-state index contributed by atoms with van der Waals surface area (Å²) in [6.07, 6.45) is 4.29. The summed E-state index contributed by atoms with van der Waals surface area (Å²) in [5.74, 6) is 0.663. The van der Waals surface area contributed by atoms with Crippen LogP contribution in [-0.2, 0) is 6.54 Å². The lowest BCUT2D eigenvalue weighted by molar-refractivity contribution is 0.232. The van der Waals surface area contributed by atoms with Crippen molar-refractivity contribution in [2.45, 2.75) is 26.3 Å². The monoisotopic (exact) mass is 283 g/mol. The van der Waals surface area contributed by atoms with Crippen molar-refractivity contribution in [3.63, 3.8) is 0 Å². The first-order valence-corrected chi connectivity index (χ1v) is 7.37. The molecule has 0 aliphatic carbocycles. The summed E-state index contributed by atoms with van der Waals surface area (Å²) in [5, 5.41) is 3.95. The van der Waals surface area contributed by atoms with Crippen LogP contribution in [0.5, 0.6) is 5.88 Å². The van der Waals surface area contributed by atoms with Gasteiger partial charge in [-0.15, -0.1) is 0 Å². The Morgan fingerprint density at radius 3 is 2.95 bits per heavy atom. The molecule has 1 N–H and O–H groups in total. The second-order valence-electron chi connectivity index (χ2n) is 4.79. The molecule has 1 aliphatic heterocycles. The van der Waals surface area contributed by atoms with Crippen LogP contribution < -0.4 is 10.1 Å². The van der Waals surface area contributed by atoms with Gasteiger partial charge in [-0.2, -0.15) is 0 Å². The number of pyridine rings is 1. The predicted molar refractivity (Wildman–Crippen MR) is 77.8 cm³/mol. The van der Waals surface area contributed by atoms with Gasteiger partial charge in [0.1, 0.15) is 6.61 Å². The zero-order chi connectivity index (χ0) is 13.5. The number of ether oxygens (including phenoxy) is 1. The molecule has 0 bridgehead atoms. The fraction of sp³-hybridized carbons (Fsp3) is 0.643. The number of nitrogens with zero attached hydrogens (tertiary/aromatic N) is 2. The van der Waals surface area contributed by atoms with Gasteiger partial charge in [0.2, 0.25) is 5.88 Å². The van der Waals surface area contributed by atoms with Gasteiger partial charge in [0.05, 0.1) is 5.02 Å². The maximum absolute atomic E-state index is 6.10. The molecule has 0 unspecified atom stereocenters. The molecule has 0 radical (unpaired) electrons. The SMILES string of the molecule is CCNCc1cc(OCCN2CCCC2)ncc1Cl. The number of nitrogens with one attached hydrogen (secondary N) is 1. The Balaban J connectivity index is 1.81. The summed E-state index contributed by atoms with van der Waals surface area (Å²) in [6, 6.07) is 1.93. The average Bonchev–Trinajstić information content (AvgIpc) is 2.92. The third-order valence-corrected chi connectivity index (χ3v) is 3.67. The van der Waals surface area contributed by atoms with E-state index in [9.17, 15) is 0 Å². The Bertz CT molecular complexity index is 394. The predicted octanol–water partition coefficient (Wildman–Crippen LogP) is 2.32. The molecule has 2 heterocycles. The van der Waals surface area contributed by atoms with Crippen LogP contribution in [0.25, 0.3) is 0 Å². The lowest BCUT2D eigenvalue weighted by atomic mass is 10.2. The molecule has 0 amide bonds. The van der Waals surface area contributed by atoms with Crippen LogP contribution in [0.1, 0.15) is 25.3 Å². The van der Waals surface area contributed by atoms with Gasteiger partial charge in [-0.25, -0.2) is 4.98 Å². The maximum Gasteiger partial charge on any atom is 0.213 e. The van der Waals surface area contributed by atoms with E-state index >= 15 is 0 Å². The molecule has 5 heteroatoms. The van der Waals surface area contributed by atoms with E-state index in [4.69, 9.17) is 16.3 Å². The highest BCUT2D eigenvalue weighted by molar-refractivity contribution is 6.31. The van der Waals surface area contributed by atoms with Crippen LogP contribution >= 0.6 is 11.6 Å². The largest absolute Gasteiger partial charge is 0.476 e. The van der Waals surface area contributed by atoms with Crippen molar-refractivity contribution >= 4 is 11.6 Å². The highest BCUT2D eigenvalue weighted by Crippen LogP contribution is 2.19. The Morgan fingerprint density at radius 2 is 2.21 bits per heavy atom. The summed E-state index contributed by atoms with van der Waals surface area (Å²) in [6.45, 7) is 7.81. The molecule has 1 fully saturated rings. The number of likely N-dealkylation sites (tertiary alicyclic amines) is 1. The molecular formula is C14H22ClN3O. The first-order valence-electron chi connectivity index (χ1n) is 7.00. The molecule has 0 aromatic carbocycles. The third kappa shape index (κ3) is 4.64. The van der Waals surface area contributed by atoms with Crippen LogP contribution in [0.15, 0.2) is 12.3 Å². The summed E-state index contributed by atoms with van der Waals surface area (Å²) >= 11 is 6.10. The molecule has 0 spiro atoms. The third-order valence-electron chi connectivity index (χ3n) is 3.33. The van der Waals surface area contributed by atoms with E-state index in [-0.39, 0.29) is 0 Å². The molecule has 4 nitrogen and oxygen atoms in total. The second-order valence-corrected chi connectivity index (χ2v) is 5.20. The Morgan fingerprint density at radius 1 is 1.42 bits per heavy atom. The molecule has 0 saturated carbocycles. The van der Waals surface area contributed by atoms with Gasteiger partial charge in [-0.05, 0) is 38.0 Å². The molecule has 1 aromatic rings. The van der Waals surface area contributed by atoms with Gasteiger partial charge in [0.15, 0.2) is 0 Å². The summed E-state index contributed by atoms with van der Waals surface area (Å²) < 4.78 is 5.70. The number of rotatable bonds is 7. The number of hydrogen-bond donors (Lipinski definition) is 1. The molecule has 2 rings (SSSR count). The van der Waals surface area contributed by atoms with Crippen LogP contribution in [0.3, 0.4) is 0 Å². The first kappa shape index (κ1) is 14.6. The van der Waals surface area contributed by atoms with Crippen molar-refractivity contribution in [3.05, 3.63) is 22.8 Å². The van der Waals surface area contributed by atoms with E-state index in [0.29, 0.717) is 17.5 Å². The minimum Gasteiger partial charge on any atom is -0.476 e. The van der Waals surface area contributed by atoms with Gasteiger partial charge in [0, 0.05) is 25.4 Å². The van der Waals surface area contributed by atoms with Crippen LogP contribution in [-0.4, -0.2) is 42.7 Å². The van der Waals surface area contributed by atoms with E-state index in [1.165, 1.54) is 25.9 Å². The Labute approximate surface area is 120 Å². The molecule has 1 aromatic heterocycles. The number of hydrogen-bond acceptors (Lipinski definition) is 4. The van der Waals surface area contributed by atoms with Crippen LogP contribution in [0.2, 0.25) is 5.02 Å². The Hall–Kier alpha value is -0.840. The van der Waals surface area contributed by atoms with Gasteiger partial charge < -0.3 is 10.1 Å². The zero-order valence-electron chi connectivity index (χ0n) is 11.5. The average molecular weight is 284 g/mol. The summed E-state index contributed by atoms with van der Waals surface area (Å²) in [7, 11) is 0. The molecular weight excluding hydrogens is 262 g/mol. The Kier molecular flexibility index (Phi) is 5.89. The van der Waals surface area contributed by atoms with Crippen LogP contribution in [0.4, 0.5) is 0 Å². The van der Waals surface area contributed by atoms with Gasteiger partial charge in [0.25, 0.3) is 0 Å². The van der Waals surface area contributed by atoms with Gasteiger partial charge in [-0.1, -0.05) is 18.5 Å². The molecule has 0 atom stereocenters. The van der Waals surface area contributed by atoms with Crippen molar-refractivity contribution in [3.8, 4) is 5.88 Å². The maximum atomic E-state index is 6.10. The highest BCUT2D eigenvalue weighted by Gasteiger charge is 2.11. The van der Waals surface area contributed by atoms with E-state index in [1.54, 1.807) is 6.20 Å². The van der Waals surface area contributed by atoms with Crippen molar-refractivity contribution in [2.24, 2.45) is 0 Å². The fourth-order valence-corrected chi connectivity index (χ4v) is 2.39. The standard InChI is InChI=1S/C14H22ClN3O/c1-2-16-10-12-9-14(17-11-13(12)15)19-8-7-18-5-3-4-6-18/h9,11,16H,2-8,10H2,1H3. The van der Waals surface area contributed by atoms with Crippen LogP contribution in [0, 0.1) is 0 Å². The number of halogens is 1. The molecule has 106 valence electrons. The lowest BCUT2D eigenvalue weighted by Crippen LogP contribution is -2.25. The van der Waals surface area contributed by atoms with E-state index in [1.807, 2.05) is 6.07 Å². The van der Waals surface area contributed by atoms with Crippen molar-refractivity contribution < 1.29 is 4.74 Å². The normalized spacial score (nSPS) is 15.9. The van der Waals surface area contributed by atoms with Gasteiger partial charge in [-0.3, -0.25) is 4.90 Å². The first-order chi connectivity index (χ1) is 9.29. The lowest BCUT2D eigenvalue weighted by Gasteiger charge is -2.15. The minimum atomic E-state index is 0.663. The number of aromatic nitrogens is 1. The highest BCUT2D eigenvalue weighted by atomic mass is 35.5. The van der Waals surface area contributed by atoms with Crippen molar-refractivity contribution in [2.75, 3.05) is 32.8 Å². The smallest absolute Gasteiger partial charge is 0.213 e. The van der Waals surface area contributed by atoms with Gasteiger partial charge >= 0.3 is 0 Å². The minimum absolute atomic E-state index is 0.663. The summed E-state index contributed by atoms with van der Waals surface area (Å²) in [5.41, 5.74) is 1.04.